The molecular weight excluding hydrogens is 372 g/mol. The van der Waals surface area contributed by atoms with Gasteiger partial charge in [-0.2, -0.15) is 0 Å². The Morgan fingerprint density at radius 2 is 2.00 bits per heavy atom. The number of benzene rings is 1. The monoisotopic (exact) mass is 400 g/mol. The highest BCUT2D eigenvalue weighted by molar-refractivity contribution is 9.09. The Morgan fingerprint density at radius 3 is 2.62 bits per heavy atom. The van der Waals surface area contributed by atoms with Crippen LogP contribution < -0.4 is 9.47 Å². The summed E-state index contributed by atoms with van der Waals surface area (Å²) in [6.07, 6.45) is 5.68. The number of hydrogen-bond donors (Lipinski definition) is 0. The van der Waals surface area contributed by atoms with Crippen LogP contribution in [0.25, 0.3) is 0 Å². The van der Waals surface area contributed by atoms with E-state index in [1.165, 1.54) is 7.11 Å². The molecule has 0 fully saturated rings. The summed E-state index contributed by atoms with van der Waals surface area (Å²) in [6.45, 7) is 2.84. The lowest BCUT2D eigenvalue weighted by atomic mass is 9.89. The first-order valence-corrected chi connectivity index (χ1v) is 9.71. The molecular formula is C19H29BrO4. The van der Waals surface area contributed by atoms with Crippen molar-refractivity contribution in [1.29, 1.82) is 0 Å². The molecule has 0 saturated carbocycles. The van der Waals surface area contributed by atoms with Crippen LogP contribution in [-0.4, -0.2) is 32.1 Å². The maximum absolute atomic E-state index is 11.8. The summed E-state index contributed by atoms with van der Waals surface area (Å²) < 4.78 is 16.1. The quantitative estimate of drug-likeness (QED) is 0.278. The van der Waals surface area contributed by atoms with E-state index >= 15 is 0 Å². The van der Waals surface area contributed by atoms with Gasteiger partial charge in [0.15, 0.2) is 0 Å². The van der Waals surface area contributed by atoms with Crippen LogP contribution in [0.1, 0.15) is 56.9 Å². The van der Waals surface area contributed by atoms with Gasteiger partial charge in [0.25, 0.3) is 0 Å². The fraction of sp³-hybridized carbons (Fsp3) is 0.632. The molecule has 24 heavy (non-hydrogen) atoms. The molecule has 0 bridgehead atoms. The standard InChI is InChI=1S/C19H29BrO4/c1-4-5-6-8-15(13-19(21)23-3)17-10-9-16(14-18(17)22-2)24-12-7-11-20/h9-10,14-15H,4-8,11-13H2,1-3H3. The van der Waals surface area contributed by atoms with Gasteiger partial charge in [-0.05, 0) is 30.4 Å². The zero-order chi connectivity index (χ0) is 17.8. The van der Waals surface area contributed by atoms with Crippen molar-refractivity contribution in [2.75, 3.05) is 26.2 Å². The predicted octanol–water partition coefficient (Wildman–Crippen LogP) is 5.09. The number of unbranched alkanes of at least 4 members (excludes halogenated alkanes) is 2. The van der Waals surface area contributed by atoms with Crippen LogP contribution >= 0.6 is 15.9 Å². The second kappa shape index (κ2) is 12.2. The number of hydrogen-bond acceptors (Lipinski definition) is 4. The third-order valence-electron chi connectivity index (χ3n) is 3.99. The molecule has 0 aromatic heterocycles. The van der Waals surface area contributed by atoms with Gasteiger partial charge < -0.3 is 14.2 Å². The molecule has 136 valence electrons. The molecule has 1 rings (SSSR count). The van der Waals surface area contributed by atoms with Crippen molar-refractivity contribution in [3.8, 4) is 11.5 Å². The molecule has 0 N–H and O–H groups in total. The number of rotatable bonds is 12. The van der Waals surface area contributed by atoms with Crippen LogP contribution in [-0.2, 0) is 9.53 Å². The van der Waals surface area contributed by atoms with Gasteiger partial charge in [0.1, 0.15) is 11.5 Å². The number of carbonyl (C=O) groups excluding carboxylic acids is 1. The summed E-state index contributed by atoms with van der Waals surface area (Å²) in [5.41, 5.74) is 1.05. The summed E-state index contributed by atoms with van der Waals surface area (Å²) >= 11 is 3.39. The van der Waals surface area contributed by atoms with Crippen LogP contribution in [0.5, 0.6) is 11.5 Å². The molecule has 1 unspecified atom stereocenters. The predicted molar refractivity (Wildman–Crippen MR) is 100 cm³/mol. The smallest absolute Gasteiger partial charge is 0.306 e. The highest BCUT2D eigenvalue weighted by atomic mass is 79.9. The molecule has 5 heteroatoms. The van der Waals surface area contributed by atoms with Crippen LogP contribution in [0, 0.1) is 0 Å². The van der Waals surface area contributed by atoms with Crippen LogP contribution in [0.3, 0.4) is 0 Å². The van der Waals surface area contributed by atoms with E-state index in [1.54, 1.807) is 7.11 Å². The largest absolute Gasteiger partial charge is 0.496 e. The van der Waals surface area contributed by atoms with Crippen LogP contribution in [0.4, 0.5) is 0 Å². The van der Waals surface area contributed by atoms with Gasteiger partial charge in [0.2, 0.25) is 0 Å². The minimum absolute atomic E-state index is 0.107. The molecule has 0 spiro atoms. The van der Waals surface area contributed by atoms with E-state index in [0.29, 0.717) is 13.0 Å². The van der Waals surface area contributed by atoms with Gasteiger partial charge in [0.05, 0.1) is 27.2 Å². The van der Waals surface area contributed by atoms with E-state index in [2.05, 4.69) is 22.9 Å². The molecule has 1 atom stereocenters. The van der Waals surface area contributed by atoms with E-state index in [9.17, 15) is 4.79 Å². The number of alkyl halides is 1. The molecule has 0 saturated heterocycles. The molecule has 1 aromatic carbocycles. The molecule has 0 aliphatic carbocycles. The Balaban J connectivity index is 2.91. The van der Waals surface area contributed by atoms with Gasteiger partial charge >= 0.3 is 5.97 Å². The van der Waals surface area contributed by atoms with Crippen LogP contribution in [0.2, 0.25) is 0 Å². The highest BCUT2D eigenvalue weighted by Gasteiger charge is 2.20. The Morgan fingerprint density at radius 1 is 1.21 bits per heavy atom. The Bertz CT molecular complexity index is 490. The van der Waals surface area contributed by atoms with Gasteiger partial charge in [-0.25, -0.2) is 0 Å². The van der Waals surface area contributed by atoms with Gasteiger partial charge in [0, 0.05) is 11.4 Å². The summed E-state index contributed by atoms with van der Waals surface area (Å²) in [5.74, 6) is 1.49. The fourth-order valence-electron chi connectivity index (χ4n) is 2.66. The van der Waals surface area contributed by atoms with Gasteiger partial charge in [-0.1, -0.05) is 48.2 Å². The number of halogens is 1. The Hall–Kier alpha value is -1.23. The van der Waals surface area contributed by atoms with E-state index in [-0.39, 0.29) is 11.9 Å². The van der Waals surface area contributed by atoms with Gasteiger partial charge in [-0.3, -0.25) is 4.79 Å². The van der Waals surface area contributed by atoms with Crippen molar-refractivity contribution in [2.24, 2.45) is 0 Å². The third kappa shape index (κ3) is 7.12. The molecule has 0 aliphatic rings. The lowest BCUT2D eigenvalue weighted by Gasteiger charge is -2.20. The van der Waals surface area contributed by atoms with E-state index in [0.717, 1.165) is 54.5 Å². The number of ether oxygens (including phenoxy) is 3. The van der Waals surface area contributed by atoms with Gasteiger partial charge in [-0.15, -0.1) is 0 Å². The van der Waals surface area contributed by atoms with Crippen molar-refractivity contribution < 1.29 is 19.0 Å². The summed E-state index contributed by atoms with van der Waals surface area (Å²) in [7, 11) is 3.09. The molecule has 0 radical (unpaired) electrons. The van der Waals surface area contributed by atoms with Crippen molar-refractivity contribution in [1.82, 2.24) is 0 Å². The first-order chi connectivity index (χ1) is 11.7. The highest BCUT2D eigenvalue weighted by Crippen LogP contribution is 2.35. The van der Waals surface area contributed by atoms with Crippen LogP contribution in [0.15, 0.2) is 18.2 Å². The third-order valence-corrected chi connectivity index (χ3v) is 4.55. The van der Waals surface area contributed by atoms with E-state index in [1.807, 2.05) is 18.2 Å². The molecule has 0 amide bonds. The average Bonchev–Trinajstić information content (AvgIpc) is 2.61. The average molecular weight is 401 g/mol. The fourth-order valence-corrected chi connectivity index (χ4v) is 2.88. The minimum atomic E-state index is -0.184. The molecule has 4 nitrogen and oxygen atoms in total. The van der Waals surface area contributed by atoms with E-state index in [4.69, 9.17) is 14.2 Å². The lowest BCUT2D eigenvalue weighted by Crippen LogP contribution is -2.10. The van der Waals surface area contributed by atoms with E-state index < -0.39 is 0 Å². The number of carbonyl (C=O) groups is 1. The summed E-state index contributed by atoms with van der Waals surface area (Å²) in [6, 6.07) is 5.88. The molecule has 0 aliphatic heterocycles. The zero-order valence-corrected chi connectivity index (χ0v) is 16.6. The van der Waals surface area contributed by atoms with Crippen molar-refractivity contribution in [3.63, 3.8) is 0 Å². The number of esters is 1. The molecule has 1 aromatic rings. The second-order valence-electron chi connectivity index (χ2n) is 5.77. The minimum Gasteiger partial charge on any atom is -0.496 e. The van der Waals surface area contributed by atoms with Crippen molar-refractivity contribution >= 4 is 21.9 Å². The summed E-state index contributed by atoms with van der Waals surface area (Å²) in [4.78, 5) is 11.8. The lowest BCUT2D eigenvalue weighted by molar-refractivity contribution is -0.141. The SMILES string of the molecule is CCCCCC(CC(=O)OC)c1ccc(OCCCBr)cc1OC. The maximum Gasteiger partial charge on any atom is 0.306 e. The summed E-state index contributed by atoms with van der Waals surface area (Å²) in [5, 5.41) is 0.918. The Labute approximate surface area is 154 Å². The maximum atomic E-state index is 11.8. The first-order valence-electron chi connectivity index (χ1n) is 8.59. The number of methoxy groups -OCH3 is 2. The topological polar surface area (TPSA) is 44.8 Å². The molecule has 0 heterocycles. The van der Waals surface area contributed by atoms with Crippen molar-refractivity contribution in [3.05, 3.63) is 23.8 Å². The normalized spacial score (nSPS) is 11.8. The zero-order valence-electron chi connectivity index (χ0n) is 15.0. The first kappa shape index (κ1) is 20.8. The Kier molecular flexibility index (Phi) is 10.6. The van der Waals surface area contributed by atoms with Crippen molar-refractivity contribution in [2.45, 2.75) is 51.4 Å². The second-order valence-corrected chi connectivity index (χ2v) is 6.56.